The van der Waals surface area contributed by atoms with E-state index in [0.717, 1.165) is 24.9 Å². The molecule has 2 aliphatic rings. The van der Waals surface area contributed by atoms with Gasteiger partial charge < -0.3 is 16.0 Å². The van der Waals surface area contributed by atoms with Crippen LogP contribution in [0.1, 0.15) is 25.7 Å². The van der Waals surface area contributed by atoms with E-state index in [1.165, 1.54) is 25.8 Å². The molecule has 4 nitrogen and oxygen atoms in total. The standard InChI is InChI=1S/C11H21N3O/c1-13-10(11(12)15)4-5-14-7-8-2-3-9(14)6-8/h8-10,13H,2-7H2,1H3,(H2,12,15). The Kier molecular flexibility index (Phi) is 3.26. The van der Waals surface area contributed by atoms with Gasteiger partial charge in [0.05, 0.1) is 6.04 Å². The molecule has 2 rings (SSSR count). The van der Waals surface area contributed by atoms with Crippen LogP contribution in [0, 0.1) is 5.92 Å². The Morgan fingerprint density at radius 2 is 2.40 bits per heavy atom. The molecule has 3 unspecified atom stereocenters. The van der Waals surface area contributed by atoms with Gasteiger partial charge in [-0.3, -0.25) is 4.79 Å². The third-order valence-corrected chi connectivity index (χ3v) is 3.92. The van der Waals surface area contributed by atoms with E-state index in [2.05, 4.69) is 10.2 Å². The number of fused-ring (bicyclic) bond motifs is 2. The predicted molar refractivity (Wildman–Crippen MR) is 59.4 cm³/mol. The molecule has 1 saturated heterocycles. The first-order chi connectivity index (χ1) is 7.20. The Labute approximate surface area is 91.2 Å². The van der Waals surface area contributed by atoms with E-state index in [1.807, 2.05) is 0 Å². The summed E-state index contributed by atoms with van der Waals surface area (Å²) in [6, 6.07) is 0.629. The van der Waals surface area contributed by atoms with Crippen LogP contribution in [-0.4, -0.2) is 43.0 Å². The summed E-state index contributed by atoms with van der Waals surface area (Å²) in [4.78, 5) is 13.6. The average molecular weight is 211 g/mol. The van der Waals surface area contributed by atoms with Crippen LogP contribution in [0.4, 0.5) is 0 Å². The molecule has 4 heteroatoms. The summed E-state index contributed by atoms with van der Waals surface area (Å²) < 4.78 is 0. The molecule has 0 aromatic heterocycles. The number of hydrogen-bond donors (Lipinski definition) is 2. The zero-order valence-electron chi connectivity index (χ0n) is 9.41. The summed E-state index contributed by atoms with van der Waals surface area (Å²) in [5, 5.41) is 2.97. The Morgan fingerprint density at radius 1 is 1.60 bits per heavy atom. The van der Waals surface area contributed by atoms with Crippen LogP contribution in [0.5, 0.6) is 0 Å². The molecule has 1 heterocycles. The second kappa shape index (κ2) is 4.49. The molecule has 2 fully saturated rings. The fraction of sp³-hybridized carbons (Fsp3) is 0.909. The molecule has 15 heavy (non-hydrogen) atoms. The normalized spacial score (nSPS) is 32.1. The topological polar surface area (TPSA) is 58.4 Å². The fourth-order valence-electron chi connectivity index (χ4n) is 3.02. The van der Waals surface area contributed by atoms with E-state index < -0.39 is 0 Å². The summed E-state index contributed by atoms with van der Waals surface area (Å²) in [6.45, 7) is 2.25. The van der Waals surface area contributed by atoms with E-state index in [4.69, 9.17) is 5.73 Å². The van der Waals surface area contributed by atoms with Crippen LogP contribution in [0.25, 0.3) is 0 Å². The zero-order valence-corrected chi connectivity index (χ0v) is 9.41. The molecule has 3 atom stereocenters. The lowest BCUT2D eigenvalue weighted by atomic mass is 10.1. The molecule has 86 valence electrons. The molecule has 0 aromatic rings. The number of primary amides is 1. The number of nitrogens with one attached hydrogen (secondary N) is 1. The van der Waals surface area contributed by atoms with Crippen molar-refractivity contribution in [1.29, 1.82) is 0 Å². The lowest BCUT2D eigenvalue weighted by molar-refractivity contribution is -0.120. The van der Waals surface area contributed by atoms with E-state index in [0.29, 0.717) is 0 Å². The molecule has 3 N–H and O–H groups in total. The lowest BCUT2D eigenvalue weighted by Crippen LogP contribution is -2.43. The highest BCUT2D eigenvalue weighted by Gasteiger charge is 2.37. The summed E-state index contributed by atoms with van der Waals surface area (Å²) >= 11 is 0. The lowest BCUT2D eigenvalue weighted by Gasteiger charge is -2.27. The minimum absolute atomic E-state index is 0.163. The molecule has 2 bridgehead atoms. The SMILES string of the molecule is CNC(CCN1CC2CCC1C2)C(N)=O. The Morgan fingerprint density at radius 3 is 2.87 bits per heavy atom. The number of nitrogens with zero attached hydrogens (tertiary/aromatic N) is 1. The van der Waals surface area contributed by atoms with Gasteiger partial charge in [0.2, 0.25) is 5.91 Å². The number of carbonyl (C=O) groups excluding carboxylic acids is 1. The van der Waals surface area contributed by atoms with Gasteiger partial charge in [-0.25, -0.2) is 0 Å². The van der Waals surface area contributed by atoms with E-state index >= 15 is 0 Å². The first-order valence-electron chi connectivity index (χ1n) is 5.91. The van der Waals surface area contributed by atoms with Gasteiger partial charge in [0.15, 0.2) is 0 Å². The minimum atomic E-state index is -0.234. The average Bonchev–Trinajstić information content (AvgIpc) is 2.79. The third kappa shape index (κ3) is 2.32. The van der Waals surface area contributed by atoms with Crippen LogP contribution < -0.4 is 11.1 Å². The van der Waals surface area contributed by atoms with E-state index in [-0.39, 0.29) is 11.9 Å². The Hall–Kier alpha value is -0.610. The van der Waals surface area contributed by atoms with Crippen molar-refractivity contribution in [1.82, 2.24) is 10.2 Å². The van der Waals surface area contributed by atoms with Gasteiger partial charge in [-0.15, -0.1) is 0 Å². The van der Waals surface area contributed by atoms with Gasteiger partial charge in [-0.1, -0.05) is 0 Å². The van der Waals surface area contributed by atoms with Gasteiger partial charge >= 0.3 is 0 Å². The maximum Gasteiger partial charge on any atom is 0.234 e. The third-order valence-electron chi connectivity index (χ3n) is 3.92. The number of likely N-dealkylation sites (tertiary alicyclic amines) is 1. The molecular weight excluding hydrogens is 190 g/mol. The number of hydrogen-bond acceptors (Lipinski definition) is 3. The van der Waals surface area contributed by atoms with Crippen molar-refractivity contribution in [2.45, 2.75) is 37.8 Å². The van der Waals surface area contributed by atoms with Crippen LogP contribution in [-0.2, 0) is 4.79 Å². The van der Waals surface area contributed by atoms with E-state index in [9.17, 15) is 4.79 Å². The second-order valence-electron chi connectivity index (χ2n) is 4.86. The van der Waals surface area contributed by atoms with Crippen LogP contribution in [0.3, 0.4) is 0 Å². The summed E-state index contributed by atoms with van der Waals surface area (Å²) in [7, 11) is 1.80. The van der Waals surface area contributed by atoms with Gasteiger partial charge in [-0.2, -0.15) is 0 Å². The van der Waals surface area contributed by atoms with Crippen LogP contribution in [0.2, 0.25) is 0 Å². The number of nitrogens with two attached hydrogens (primary N) is 1. The van der Waals surface area contributed by atoms with Gasteiger partial charge in [0, 0.05) is 19.1 Å². The van der Waals surface area contributed by atoms with E-state index in [1.54, 1.807) is 7.05 Å². The van der Waals surface area contributed by atoms with Gasteiger partial charge in [0.25, 0.3) is 0 Å². The number of likely N-dealkylation sites (N-methyl/N-ethyl adjacent to an activating group) is 1. The number of carbonyl (C=O) groups is 1. The molecule has 1 aliphatic carbocycles. The largest absolute Gasteiger partial charge is 0.368 e. The molecular formula is C11H21N3O. The number of amides is 1. The zero-order chi connectivity index (χ0) is 10.8. The highest BCUT2D eigenvalue weighted by atomic mass is 16.1. The maximum absolute atomic E-state index is 11.0. The highest BCUT2D eigenvalue weighted by Crippen LogP contribution is 2.37. The first kappa shape index (κ1) is 10.9. The molecule has 1 saturated carbocycles. The quantitative estimate of drug-likeness (QED) is 0.669. The summed E-state index contributed by atoms with van der Waals surface area (Å²) in [6.07, 6.45) is 4.98. The van der Waals surface area contributed by atoms with Crippen molar-refractivity contribution in [3.8, 4) is 0 Å². The van der Waals surface area contributed by atoms with Crippen molar-refractivity contribution < 1.29 is 4.79 Å². The monoisotopic (exact) mass is 211 g/mol. The second-order valence-corrected chi connectivity index (χ2v) is 4.86. The molecule has 0 spiro atoms. The van der Waals surface area contributed by atoms with Gasteiger partial charge in [0.1, 0.15) is 0 Å². The Bertz CT molecular complexity index is 244. The minimum Gasteiger partial charge on any atom is -0.368 e. The van der Waals surface area contributed by atoms with Crippen LogP contribution >= 0.6 is 0 Å². The Balaban J connectivity index is 1.76. The smallest absolute Gasteiger partial charge is 0.234 e. The molecule has 1 aliphatic heterocycles. The summed E-state index contributed by atoms with van der Waals surface area (Å²) in [5.41, 5.74) is 5.29. The fourth-order valence-corrected chi connectivity index (χ4v) is 3.02. The highest BCUT2D eigenvalue weighted by molar-refractivity contribution is 5.79. The van der Waals surface area contributed by atoms with Crippen molar-refractivity contribution in [2.75, 3.05) is 20.1 Å². The maximum atomic E-state index is 11.0. The van der Waals surface area contributed by atoms with Crippen molar-refractivity contribution >= 4 is 5.91 Å². The van der Waals surface area contributed by atoms with Crippen molar-refractivity contribution in [3.05, 3.63) is 0 Å². The molecule has 0 aromatic carbocycles. The number of rotatable bonds is 5. The first-order valence-corrected chi connectivity index (χ1v) is 5.91. The molecule has 1 amide bonds. The summed E-state index contributed by atoms with van der Waals surface area (Å²) in [5.74, 6) is 0.693. The predicted octanol–water partition coefficient (Wildman–Crippen LogP) is -0.0659. The number of piperidine rings is 1. The van der Waals surface area contributed by atoms with Crippen molar-refractivity contribution in [2.24, 2.45) is 11.7 Å². The molecule has 0 radical (unpaired) electrons. The van der Waals surface area contributed by atoms with Gasteiger partial charge in [-0.05, 0) is 38.6 Å². The van der Waals surface area contributed by atoms with Crippen molar-refractivity contribution in [3.63, 3.8) is 0 Å². The van der Waals surface area contributed by atoms with Crippen LogP contribution in [0.15, 0.2) is 0 Å².